The minimum atomic E-state index is -4.26. The molecule has 14 heavy (non-hydrogen) atoms. The van der Waals surface area contributed by atoms with Crippen LogP contribution in [0.4, 0.5) is 13.2 Å². The highest BCUT2D eigenvalue weighted by Gasteiger charge is 2.45. The Balaban J connectivity index is 4.29. The zero-order valence-corrected chi connectivity index (χ0v) is 8.30. The summed E-state index contributed by atoms with van der Waals surface area (Å²) in [7, 11) is 0. The van der Waals surface area contributed by atoms with E-state index in [0.29, 0.717) is 0 Å². The maximum atomic E-state index is 12.3. The van der Waals surface area contributed by atoms with Crippen molar-refractivity contribution in [1.29, 1.82) is 0 Å². The van der Waals surface area contributed by atoms with Crippen LogP contribution in [0.15, 0.2) is 24.8 Å². The van der Waals surface area contributed by atoms with Gasteiger partial charge < -0.3 is 5.11 Å². The summed E-state index contributed by atoms with van der Waals surface area (Å²) in [5.41, 5.74) is -1.85. The fourth-order valence-corrected chi connectivity index (χ4v) is 0.693. The predicted octanol–water partition coefficient (Wildman–Crippen LogP) is 3.07. The minimum absolute atomic E-state index is 0.156. The van der Waals surface area contributed by atoms with Crippen LogP contribution in [-0.4, -0.2) is 17.4 Å². The van der Waals surface area contributed by atoms with E-state index < -0.39 is 17.7 Å². The molecule has 1 unspecified atom stereocenters. The number of halogens is 3. The molecule has 1 nitrogen and oxygen atoms in total. The van der Waals surface area contributed by atoms with Gasteiger partial charge >= 0.3 is 6.18 Å². The van der Waals surface area contributed by atoms with Crippen molar-refractivity contribution >= 4 is 0 Å². The number of aliphatic hydroxyl groups excluding tert-OH is 1. The number of allylic oxidation sites excluding steroid dienone is 1. The van der Waals surface area contributed by atoms with Gasteiger partial charge in [-0.15, -0.1) is 6.58 Å². The maximum Gasteiger partial charge on any atom is 0.397 e. The Morgan fingerprint density at radius 2 is 1.86 bits per heavy atom. The molecule has 0 aromatic carbocycles. The molecule has 0 bridgehead atoms. The first-order chi connectivity index (χ1) is 6.20. The molecule has 0 radical (unpaired) electrons. The summed E-state index contributed by atoms with van der Waals surface area (Å²) in [5, 5.41) is 9.01. The lowest BCUT2D eigenvalue weighted by Crippen LogP contribution is -2.29. The third-order valence-electron chi connectivity index (χ3n) is 1.91. The Hall–Kier alpha value is -0.770. The van der Waals surface area contributed by atoms with Gasteiger partial charge in [0.2, 0.25) is 0 Å². The zero-order valence-electron chi connectivity index (χ0n) is 8.30. The molecule has 0 spiro atoms. The first-order valence-corrected chi connectivity index (χ1v) is 4.26. The summed E-state index contributed by atoms with van der Waals surface area (Å²) in [4.78, 5) is 0. The van der Waals surface area contributed by atoms with E-state index in [4.69, 9.17) is 5.11 Å². The van der Waals surface area contributed by atoms with Gasteiger partial charge in [-0.25, -0.2) is 0 Å². The lowest BCUT2D eigenvalue weighted by molar-refractivity contribution is -0.193. The van der Waals surface area contributed by atoms with Crippen LogP contribution in [0.25, 0.3) is 0 Å². The van der Waals surface area contributed by atoms with E-state index in [1.54, 1.807) is 0 Å². The smallest absolute Gasteiger partial charge is 0.389 e. The third-order valence-corrected chi connectivity index (χ3v) is 1.91. The second-order valence-electron chi connectivity index (χ2n) is 3.66. The molecule has 0 rings (SSSR count). The van der Waals surface area contributed by atoms with Gasteiger partial charge in [0.15, 0.2) is 0 Å². The van der Waals surface area contributed by atoms with Crippen molar-refractivity contribution < 1.29 is 18.3 Å². The molecule has 0 aliphatic carbocycles. The quantitative estimate of drug-likeness (QED) is 0.704. The molecule has 4 heteroatoms. The fourth-order valence-electron chi connectivity index (χ4n) is 0.693. The Kier molecular flexibility index (Phi) is 4.39. The number of alkyl halides is 3. The molecular formula is C10H15F3O. The summed E-state index contributed by atoms with van der Waals surface area (Å²) < 4.78 is 36.9. The van der Waals surface area contributed by atoms with Gasteiger partial charge in [-0.1, -0.05) is 18.2 Å². The highest BCUT2D eigenvalue weighted by atomic mass is 19.4. The van der Waals surface area contributed by atoms with Crippen LogP contribution in [0.5, 0.6) is 0 Å². The lowest BCUT2D eigenvalue weighted by Gasteiger charge is -2.23. The monoisotopic (exact) mass is 208 g/mol. The van der Waals surface area contributed by atoms with Crippen molar-refractivity contribution in [2.45, 2.75) is 32.5 Å². The first-order valence-electron chi connectivity index (χ1n) is 4.26. The van der Waals surface area contributed by atoms with Gasteiger partial charge in [0.05, 0.1) is 11.5 Å². The van der Waals surface area contributed by atoms with Crippen LogP contribution >= 0.6 is 0 Å². The second-order valence-corrected chi connectivity index (χ2v) is 3.66. The first kappa shape index (κ1) is 13.2. The van der Waals surface area contributed by atoms with E-state index in [-0.39, 0.29) is 6.42 Å². The van der Waals surface area contributed by atoms with E-state index in [0.717, 1.165) is 19.9 Å². The largest absolute Gasteiger partial charge is 0.397 e. The van der Waals surface area contributed by atoms with Crippen molar-refractivity contribution in [2.24, 2.45) is 5.41 Å². The lowest BCUT2D eigenvalue weighted by atomic mass is 9.92. The van der Waals surface area contributed by atoms with Crippen LogP contribution in [0.2, 0.25) is 0 Å². The Bertz CT molecular complexity index is 216. The van der Waals surface area contributed by atoms with Crippen molar-refractivity contribution in [3.05, 3.63) is 24.8 Å². The fraction of sp³-hybridized carbons (Fsp3) is 0.600. The van der Waals surface area contributed by atoms with Crippen molar-refractivity contribution in [2.75, 3.05) is 0 Å². The SMILES string of the molecule is C=CC(O)C/C=C/C(C)(C)C(F)(F)F. The number of rotatable bonds is 4. The van der Waals surface area contributed by atoms with Crippen LogP contribution in [0.1, 0.15) is 20.3 Å². The highest BCUT2D eigenvalue weighted by Crippen LogP contribution is 2.38. The van der Waals surface area contributed by atoms with E-state index in [9.17, 15) is 13.2 Å². The Morgan fingerprint density at radius 3 is 2.21 bits per heavy atom. The Labute approximate surface area is 81.9 Å². The molecule has 0 fully saturated rings. The van der Waals surface area contributed by atoms with Crippen molar-refractivity contribution in [3.8, 4) is 0 Å². The van der Waals surface area contributed by atoms with Crippen LogP contribution in [0, 0.1) is 5.41 Å². The molecule has 0 aromatic heterocycles. The van der Waals surface area contributed by atoms with Crippen molar-refractivity contribution in [1.82, 2.24) is 0 Å². The van der Waals surface area contributed by atoms with Crippen LogP contribution < -0.4 is 0 Å². The van der Waals surface area contributed by atoms with Gasteiger partial charge in [-0.3, -0.25) is 0 Å². The standard InChI is InChI=1S/C10H15F3O/c1-4-8(14)6-5-7-9(2,3)10(11,12)13/h4-5,7-8,14H,1,6H2,2-3H3/b7-5+. The number of hydrogen-bond donors (Lipinski definition) is 1. The average Bonchev–Trinajstić information content (AvgIpc) is 2.01. The van der Waals surface area contributed by atoms with E-state index in [1.807, 2.05) is 0 Å². The van der Waals surface area contributed by atoms with Crippen LogP contribution in [-0.2, 0) is 0 Å². The van der Waals surface area contributed by atoms with Gasteiger partial charge in [0, 0.05) is 0 Å². The van der Waals surface area contributed by atoms with E-state index in [1.165, 1.54) is 12.2 Å². The van der Waals surface area contributed by atoms with Gasteiger partial charge in [0.1, 0.15) is 0 Å². The van der Waals surface area contributed by atoms with Gasteiger partial charge in [-0.05, 0) is 20.3 Å². The Morgan fingerprint density at radius 1 is 1.36 bits per heavy atom. The number of hydrogen-bond acceptors (Lipinski definition) is 1. The van der Waals surface area contributed by atoms with Crippen molar-refractivity contribution in [3.63, 3.8) is 0 Å². The van der Waals surface area contributed by atoms with Crippen LogP contribution in [0.3, 0.4) is 0 Å². The molecule has 0 aromatic rings. The molecule has 0 aliphatic rings. The van der Waals surface area contributed by atoms with E-state index >= 15 is 0 Å². The minimum Gasteiger partial charge on any atom is -0.389 e. The topological polar surface area (TPSA) is 20.2 Å². The average molecular weight is 208 g/mol. The second kappa shape index (κ2) is 4.64. The highest BCUT2D eigenvalue weighted by molar-refractivity contribution is 5.01. The third kappa shape index (κ3) is 3.96. The molecule has 0 saturated heterocycles. The van der Waals surface area contributed by atoms with Gasteiger partial charge in [-0.2, -0.15) is 13.2 Å². The zero-order chi connectivity index (χ0) is 11.4. The molecule has 0 saturated carbocycles. The summed E-state index contributed by atoms with van der Waals surface area (Å²) in [6.45, 7) is 5.49. The van der Waals surface area contributed by atoms with Gasteiger partial charge in [0.25, 0.3) is 0 Å². The van der Waals surface area contributed by atoms with E-state index in [2.05, 4.69) is 6.58 Å². The normalized spacial score (nSPS) is 15.9. The molecule has 0 heterocycles. The summed E-state index contributed by atoms with van der Waals surface area (Å²) in [6, 6.07) is 0. The molecule has 1 N–H and O–H groups in total. The predicted molar refractivity (Wildman–Crippen MR) is 49.8 cm³/mol. The number of aliphatic hydroxyl groups is 1. The summed E-state index contributed by atoms with van der Waals surface area (Å²) in [6.07, 6.45) is -1.23. The molecule has 0 aliphatic heterocycles. The molecule has 0 amide bonds. The summed E-state index contributed by atoms with van der Waals surface area (Å²) >= 11 is 0. The molecule has 82 valence electrons. The molecule has 1 atom stereocenters. The maximum absolute atomic E-state index is 12.3. The molecular weight excluding hydrogens is 193 g/mol. The summed E-state index contributed by atoms with van der Waals surface area (Å²) in [5.74, 6) is 0.